The number of likely N-dealkylation sites (N-methyl/N-ethyl adjacent to an activating group) is 1. The Labute approximate surface area is 79.3 Å². The number of amides is 1. The highest BCUT2D eigenvalue weighted by molar-refractivity contribution is 5.84. The van der Waals surface area contributed by atoms with Crippen LogP contribution in [0.3, 0.4) is 0 Å². The van der Waals surface area contributed by atoms with Gasteiger partial charge < -0.3 is 25.4 Å². The largest absolute Gasteiger partial charge is 0.454 e. The highest BCUT2D eigenvalue weighted by Gasteiger charge is 2.48. The molecule has 80 valence electrons. The normalized spacial score (nSPS) is 33.7. The van der Waals surface area contributed by atoms with Crippen molar-refractivity contribution in [3.8, 4) is 0 Å². The summed E-state index contributed by atoms with van der Waals surface area (Å²) < 4.78 is 4.42. The molecule has 1 amide bonds. The summed E-state index contributed by atoms with van der Waals surface area (Å²) in [5.74, 6) is -1.85. The minimum absolute atomic E-state index is 0.795. The number of ether oxygens (including phenoxy) is 1. The molecule has 0 aromatic rings. The third kappa shape index (κ3) is 1.69. The molecule has 0 aliphatic carbocycles. The first-order valence-corrected chi connectivity index (χ1v) is 3.95. The summed E-state index contributed by atoms with van der Waals surface area (Å²) >= 11 is 0. The molecule has 1 aliphatic rings. The first-order valence-electron chi connectivity index (χ1n) is 3.95. The van der Waals surface area contributed by atoms with Crippen LogP contribution in [-0.2, 0) is 14.3 Å². The van der Waals surface area contributed by atoms with E-state index in [0.717, 1.165) is 0 Å². The molecule has 7 nitrogen and oxygen atoms in total. The Morgan fingerprint density at radius 3 is 2.50 bits per heavy atom. The monoisotopic (exact) mass is 205 g/mol. The van der Waals surface area contributed by atoms with Gasteiger partial charge in [0.25, 0.3) is 5.91 Å². The number of aliphatic hydroxyl groups excluding tert-OH is 3. The zero-order valence-electron chi connectivity index (χ0n) is 7.38. The quantitative estimate of drug-likeness (QED) is 0.352. The number of esters is 1. The second kappa shape index (κ2) is 3.91. The number of nitrogens with one attached hydrogen (secondary N) is 1. The molecule has 4 unspecified atom stereocenters. The molecule has 7 heteroatoms. The van der Waals surface area contributed by atoms with E-state index in [0.29, 0.717) is 0 Å². The van der Waals surface area contributed by atoms with Crippen LogP contribution in [0.4, 0.5) is 0 Å². The predicted octanol–water partition coefficient (Wildman–Crippen LogP) is -3.26. The molecule has 0 radical (unpaired) electrons. The van der Waals surface area contributed by atoms with Gasteiger partial charge in [-0.3, -0.25) is 4.79 Å². The molecule has 0 saturated carbocycles. The summed E-state index contributed by atoms with van der Waals surface area (Å²) in [5, 5.41) is 29.6. The van der Waals surface area contributed by atoms with Crippen LogP contribution in [0.1, 0.15) is 0 Å². The first-order chi connectivity index (χ1) is 6.49. The van der Waals surface area contributed by atoms with Gasteiger partial charge in [-0.15, -0.1) is 0 Å². The summed E-state index contributed by atoms with van der Waals surface area (Å²) in [6.07, 6.45) is -6.40. The van der Waals surface area contributed by atoms with Crippen LogP contribution in [0, 0.1) is 0 Å². The lowest BCUT2D eigenvalue weighted by Gasteiger charge is -2.18. The van der Waals surface area contributed by atoms with Crippen LogP contribution in [0.25, 0.3) is 0 Å². The zero-order valence-corrected chi connectivity index (χ0v) is 7.38. The van der Waals surface area contributed by atoms with Crippen molar-refractivity contribution < 1.29 is 29.6 Å². The smallest absolute Gasteiger partial charge is 0.338 e. The third-order valence-electron chi connectivity index (χ3n) is 1.98. The van der Waals surface area contributed by atoms with Crippen molar-refractivity contribution in [1.82, 2.24) is 5.32 Å². The van der Waals surface area contributed by atoms with E-state index in [4.69, 9.17) is 5.11 Å². The lowest BCUT2D eigenvalue weighted by Crippen LogP contribution is -2.46. The van der Waals surface area contributed by atoms with Crippen LogP contribution in [0.2, 0.25) is 0 Å². The van der Waals surface area contributed by atoms with Crippen LogP contribution in [0.5, 0.6) is 0 Å². The maximum Gasteiger partial charge on any atom is 0.338 e. The van der Waals surface area contributed by atoms with Crippen molar-refractivity contribution in [2.75, 3.05) is 7.05 Å². The fourth-order valence-electron chi connectivity index (χ4n) is 1.14. The summed E-state index contributed by atoms with van der Waals surface area (Å²) in [6.45, 7) is 0. The van der Waals surface area contributed by atoms with Crippen LogP contribution in [-0.4, -0.2) is 58.7 Å². The zero-order chi connectivity index (χ0) is 10.9. The van der Waals surface area contributed by atoms with Gasteiger partial charge in [-0.25, -0.2) is 4.79 Å². The molecule has 1 heterocycles. The van der Waals surface area contributed by atoms with Gasteiger partial charge in [0.1, 0.15) is 6.10 Å². The molecular weight excluding hydrogens is 194 g/mol. The molecule has 1 rings (SSSR count). The number of carbonyl (C=O) groups is 2. The molecule has 4 atom stereocenters. The molecule has 0 bridgehead atoms. The van der Waals surface area contributed by atoms with Crippen molar-refractivity contribution in [1.29, 1.82) is 0 Å². The van der Waals surface area contributed by atoms with Crippen molar-refractivity contribution in [2.45, 2.75) is 24.4 Å². The average Bonchev–Trinajstić information content (AvgIpc) is 2.43. The molecule has 1 saturated heterocycles. The second-order valence-corrected chi connectivity index (χ2v) is 2.90. The average molecular weight is 205 g/mol. The standard InChI is InChI=1S/C7H11NO6/c1-8-6(12)4(11)5-2(9)3(10)7(13)14-5/h2-5,9-11H,1H3,(H,8,12). The topological polar surface area (TPSA) is 116 Å². The lowest BCUT2D eigenvalue weighted by molar-refractivity contribution is -0.153. The maximum absolute atomic E-state index is 10.9. The summed E-state index contributed by atoms with van der Waals surface area (Å²) in [5.41, 5.74) is 0. The van der Waals surface area contributed by atoms with Gasteiger partial charge in [-0.1, -0.05) is 0 Å². The fraction of sp³-hybridized carbons (Fsp3) is 0.714. The van der Waals surface area contributed by atoms with Crippen molar-refractivity contribution in [2.24, 2.45) is 0 Å². The summed E-state index contributed by atoms with van der Waals surface area (Å²) in [7, 11) is 1.28. The molecule has 1 aliphatic heterocycles. The molecule has 0 aromatic carbocycles. The Hall–Kier alpha value is -1.18. The number of rotatable bonds is 2. The van der Waals surface area contributed by atoms with Gasteiger partial charge in [0, 0.05) is 7.05 Å². The molecule has 1 fully saturated rings. The molecule has 4 N–H and O–H groups in total. The van der Waals surface area contributed by atoms with E-state index < -0.39 is 36.3 Å². The van der Waals surface area contributed by atoms with Crippen LogP contribution < -0.4 is 5.32 Å². The molecule has 0 aromatic heterocycles. The van der Waals surface area contributed by atoms with E-state index >= 15 is 0 Å². The minimum Gasteiger partial charge on any atom is -0.454 e. The van der Waals surface area contributed by atoms with Gasteiger partial charge in [0.2, 0.25) is 0 Å². The Morgan fingerprint density at radius 1 is 1.57 bits per heavy atom. The van der Waals surface area contributed by atoms with E-state index in [1.807, 2.05) is 0 Å². The number of hydrogen-bond acceptors (Lipinski definition) is 6. The van der Waals surface area contributed by atoms with Gasteiger partial charge in [0.15, 0.2) is 18.3 Å². The van der Waals surface area contributed by atoms with Gasteiger partial charge in [-0.2, -0.15) is 0 Å². The van der Waals surface area contributed by atoms with E-state index in [-0.39, 0.29) is 0 Å². The van der Waals surface area contributed by atoms with Crippen LogP contribution in [0.15, 0.2) is 0 Å². The highest BCUT2D eigenvalue weighted by atomic mass is 16.6. The van der Waals surface area contributed by atoms with Crippen molar-refractivity contribution >= 4 is 11.9 Å². The molecular formula is C7H11NO6. The van der Waals surface area contributed by atoms with Crippen molar-refractivity contribution in [3.63, 3.8) is 0 Å². The SMILES string of the molecule is CNC(=O)C(O)C1OC(=O)C(O)C1O. The van der Waals surface area contributed by atoms with Crippen LogP contribution >= 0.6 is 0 Å². The number of cyclic esters (lactones) is 1. The van der Waals surface area contributed by atoms with Gasteiger partial charge in [0.05, 0.1) is 0 Å². The summed E-state index contributed by atoms with van der Waals surface area (Å²) in [4.78, 5) is 21.6. The fourth-order valence-corrected chi connectivity index (χ4v) is 1.14. The van der Waals surface area contributed by atoms with Crippen molar-refractivity contribution in [3.05, 3.63) is 0 Å². The van der Waals surface area contributed by atoms with Gasteiger partial charge in [-0.05, 0) is 0 Å². The number of hydrogen-bond donors (Lipinski definition) is 4. The number of carbonyl (C=O) groups excluding carboxylic acids is 2. The second-order valence-electron chi connectivity index (χ2n) is 2.90. The van der Waals surface area contributed by atoms with E-state index in [1.54, 1.807) is 0 Å². The Balaban J connectivity index is 2.71. The first kappa shape index (κ1) is 10.9. The maximum atomic E-state index is 10.9. The van der Waals surface area contributed by atoms with E-state index in [1.165, 1.54) is 7.05 Å². The van der Waals surface area contributed by atoms with E-state index in [9.17, 15) is 19.8 Å². The highest BCUT2D eigenvalue weighted by Crippen LogP contribution is 2.18. The Kier molecular flexibility index (Phi) is 3.04. The lowest BCUT2D eigenvalue weighted by atomic mass is 10.1. The predicted molar refractivity (Wildman–Crippen MR) is 42.0 cm³/mol. The van der Waals surface area contributed by atoms with E-state index in [2.05, 4.69) is 10.1 Å². The molecule has 0 spiro atoms. The molecule has 14 heavy (non-hydrogen) atoms. The van der Waals surface area contributed by atoms with Gasteiger partial charge >= 0.3 is 5.97 Å². The Bertz CT molecular complexity index is 255. The number of aliphatic hydroxyl groups is 3. The third-order valence-corrected chi connectivity index (χ3v) is 1.98. The Morgan fingerprint density at radius 2 is 2.14 bits per heavy atom. The minimum atomic E-state index is -1.71. The summed E-state index contributed by atoms with van der Waals surface area (Å²) in [6, 6.07) is 0.